The molecular weight excluding hydrogens is 302 g/mol. The summed E-state index contributed by atoms with van der Waals surface area (Å²) in [6.07, 6.45) is 1.64. The Labute approximate surface area is 132 Å². The third-order valence-electron chi connectivity index (χ3n) is 3.99. The minimum absolute atomic E-state index is 0.00987. The molecule has 6 nitrogen and oxygen atoms in total. The van der Waals surface area contributed by atoms with Gasteiger partial charge in [0, 0.05) is 25.7 Å². The molecule has 3 rings (SSSR count). The van der Waals surface area contributed by atoms with Crippen LogP contribution >= 0.6 is 12.2 Å². The molecule has 116 valence electrons. The van der Waals surface area contributed by atoms with E-state index >= 15 is 0 Å². The monoisotopic (exact) mass is 319 g/mol. The van der Waals surface area contributed by atoms with Crippen molar-refractivity contribution in [2.24, 2.45) is 5.92 Å². The summed E-state index contributed by atoms with van der Waals surface area (Å²) in [4.78, 5) is 29.3. The van der Waals surface area contributed by atoms with Gasteiger partial charge in [0.25, 0.3) is 10.7 Å². The molecule has 2 amide bonds. The Kier molecular flexibility index (Phi) is 3.98. The van der Waals surface area contributed by atoms with Crippen LogP contribution in [0.4, 0.5) is 0 Å². The number of rotatable bonds is 2. The molecule has 0 saturated carbocycles. The number of carbonyl (C=O) groups excluding carboxylic acids is 2. The highest BCUT2D eigenvalue weighted by molar-refractivity contribution is 7.71. The molecule has 1 aliphatic heterocycles. The highest BCUT2D eigenvalue weighted by atomic mass is 32.1. The standard InChI is InChI=1S/C15H17N3O3S/c1-16-13(19)10-3-2-6-18(8-10)14(20)9-4-5-11-12(7-9)21-15(22)17-11/h4-5,7,10H,2-3,6,8H2,1H3,(H,16,19)(H,17,22)/t10-/m0/s1. The first-order chi connectivity index (χ1) is 10.6. The Hall–Kier alpha value is -2.15. The second kappa shape index (κ2) is 5.92. The van der Waals surface area contributed by atoms with Crippen molar-refractivity contribution < 1.29 is 14.0 Å². The van der Waals surface area contributed by atoms with E-state index in [9.17, 15) is 9.59 Å². The predicted molar refractivity (Wildman–Crippen MR) is 84.1 cm³/mol. The van der Waals surface area contributed by atoms with Crippen LogP contribution in [0.5, 0.6) is 0 Å². The summed E-state index contributed by atoms with van der Waals surface area (Å²) in [5.74, 6) is -0.232. The Morgan fingerprint density at radius 2 is 2.27 bits per heavy atom. The Morgan fingerprint density at radius 1 is 1.45 bits per heavy atom. The van der Waals surface area contributed by atoms with Crippen molar-refractivity contribution in [3.8, 4) is 0 Å². The molecule has 1 saturated heterocycles. The van der Waals surface area contributed by atoms with E-state index in [-0.39, 0.29) is 22.6 Å². The fraction of sp³-hybridized carbons (Fsp3) is 0.400. The smallest absolute Gasteiger partial charge is 0.266 e. The van der Waals surface area contributed by atoms with Crippen LogP contribution in [-0.2, 0) is 4.79 Å². The number of aromatic amines is 1. The van der Waals surface area contributed by atoms with E-state index in [1.807, 2.05) is 0 Å². The third kappa shape index (κ3) is 2.76. The van der Waals surface area contributed by atoms with Gasteiger partial charge in [-0.25, -0.2) is 0 Å². The Morgan fingerprint density at radius 3 is 3.05 bits per heavy atom. The van der Waals surface area contributed by atoms with E-state index in [1.165, 1.54) is 0 Å². The number of hydrogen-bond donors (Lipinski definition) is 2. The van der Waals surface area contributed by atoms with E-state index < -0.39 is 0 Å². The van der Waals surface area contributed by atoms with Gasteiger partial charge < -0.3 is 19.6 Å². The molecule has 1 fully saturated rings. The van der Waals surface area contributed by atoms with Crippen LogP contribution in [0.2, 0.25) is 0 Å². The fourth-order valence-electron chi connectivity index (χ4n) is 2.84. The van der Waals surface area contributed by atoms with E-state index in [0.717, 1.165) is 18.4 Å². The van der Waals surface area contributed by atoms with Crippen LogP contribution in [0.3, 0.4) is 0 Å². The first kappa shape index (κ1) is 14.8. The molecule has 2 N–H and O–H groups in total. The predicted octanol–water partition coefficient (Wildman–Crippen LogP) is 2.09. The molecule has 1 aliphatic rings. The van der Waals surface area contributed by atoms with Gasteiger partial charge in [0.1, 0.15) is 0 Å². The number of nitrogens with one attached hydrogen (secondary N) is 2. The lowest BCUT2D eigenvalue weighted by Gasteiger charge is -2.31. The van der Waals surface area contributed by atoms with Gasteiger partial charge in [-0.3, -0.25) is 9.59 Å². The largest absolute Gasteiger partial charge is 0.429 e. The maximum absolute atomic E-state index is 12.6. The SMILES string of the molecule is CNC(=O)[C@H]1CCCN(C(=O)c2ccc3[nH]c(=S)oc3c2)C1. The molecular formula is C15H17N3O3S. The summed E-state index contributed by atoms with van der Waals surface area (Å²) in [6, 6.07) is 5.21. The van der Waals surface area contributed by atoms with Gasteiger partial charge in [0.15, 0.2) is 5.58 Å². The molecule has 1 atom stereocenters. The highest BCUT2D eigenvalue weighted by Gasteiger charge is 2.28. The molecule has 1 aromatic carbocycles. The number of amides is 2. The lowest BCUT2D eigenvalue weighted by molar-refractivity contribution is -0.125. The van der Waals surface area contributed by atoms with Crippen molar-refractivity contribution in [1.82, 2.24) is 15.2 Å². The molecule has 0 unspecified atom stereocenters. The van der Waals surface area contributed by atoms with Gasteiger partial charge in [-0.2, -0.15) is 0 Å². The summed E-state index contributed by atoms with van der Waals surface area (Å²) in [5, 5.41) is 2.65. The summed E-state index contributed by atoms with van der Waals surface area (Å²) >= 11 is 4.94. The number of piperidine rings is 1. The van der Waals surface area contributed by atoms with Gasteiger partial charge in [-0.15, -0.1) is 0 Å². The molecule has 0 radical (unpaired) electrons. The zero-order chi connectivity index (χ0) is 15.7. The van der Waals surface area contributed by atoms with E-state index in [1.54, 1.807) is 30.1 Å². The van der Waals surface area contributed by atoms with E-state index in [0.29, 0.717) is 24.2 Å². The first-order valence-corrected chi connectivity index (χ1v) is 7.63. The van der Waals surface area contributed by atoms with Gasteiger partial charge >= 0.3 is 0 Å². The molecule has 0 aliphatic carbocycles. The van der Waals surface area contributed by atoms with Gasteiger partial charge in [0.05, 0.1) is 11.4 Å². The van der Waals surface area contributed by atoms with E-state index in [4.69, 9.17) is 16.6 Å². The summed E-state index contributed by atoms with van der Waals surface area (Å²) in [5.41, 5.74) is 1.88. The topological polar surface area (TPSA) is 78.3 Å². The number of fused-ring (bicyclic) bond motifs is 1. The van der Waals surface area contributed by atoms with Crippen LogP contribution in [0.15, 0.2) is 22.6 Å². The average Bonchev–Trinajstić information content (AvgIpc) is 2.92. The minimum Gasteiger partial charge on any atom is -0.429 e. The third-order valence-corrected chi connectivity index (χ3v) is 4.18. The maximum Gasteiger partial charge on any atom is 0.266 e. The first-order valence-electron chi connectivity index (χ1n) is 7.22. The fourth-order valence-corrected chi connectivity index (χ4v) is 3.04. The summed E-state index contributed by atoms with van der Waals surface area (Å²) in [7, 11) is 1.62. The van der Waals surface area contributed by atoms with Gasteiger partial charge in [-0.1, -0.05) is 0 Å². The minimum atomic E-state index is -0.136. The number of hydrogen-bond acceptors (Lipinski definition) is 4. The Balaban J connectivity index is 1.82. The zero-order valence-corrected chi connectivity index (χ0v) is 13.0. The number of aromatic nitrogens is 1. The molecule has 7 heteroatoms. The molecule has 0 spiro atoms. The lowest BCUT2D eigenvalue weighted by Crippen LogP contribution is -2.44. The van der Waals surface area contributed by atoms with Crippen molar-refractivity contribution in [3.05, 3.63) is 28.6 Å². The number of nitrogens with zero attached hydrogens (tertiary/aromatic N) is 1. The summed E-state index contributed by atoms with van der Waals surface area (Å²) in [6.45, 7) is 1.12. The molecule has 2 aromatic rings. The zero-order valence-electron chi connectivity index (χ0n) is 12.2. The lowest BCUT2D eigenvalue weighted by atomic mass is 9.96. The van der Waals surface area contributed by atoms with Crippen molar-refractivity contribution in [3.63, 3.8) is 0 Å². The van der Waals surface area contributed by atoms with Crippen LogP contribution in [0.25, 0.3) is 11.1 Å². The number of benzene rings is 1. The summed E-state index contributed by atoms with van der Waals surface area (Å²) < 4.78 is 5.35. The number of likely N-dealkylation sites (tertiary alicyclic amines) is 1. The van der Waals surface area contributed by atoms with Crippen molar-refractivity contribution in [1.29, 1.82) is 0 Å². The maximum atomic E-state index is 12.6. The average molecular weight is 319 g/mol. The molecule has 22 heavy (non-hydrogen) atoms. The van der Waals surface area contributed by atoms with Crippen LogP contribution in [-0.4, -0.2) is 41.8 Å². The normalized spacial score (nSPS) is 18.4. The van der Waals surface area contributed by atoms with Gasteiger partial charge in [-0.05, 0) is 43.3 Å². The molecule has 1 aromatic heterocycles. The van der Waals surface area contributed by atoms with Crippen molar-refractivity contribution >= 4 is 35.1 Å². The number of carbonyl (C=O) groups is 2. The van der Waals surface area contributed by atoms with Crippen LogP contribution < -0.4 is 5.32 Å². The second-order valence-electron chi connectivity index (χ2n) is 5.43. The van der Waals surface area contributed by atoms with Crippen molar-refractivity contribution in [2.75, 3.05) is 20.1 Å². The second-order valence-corrected chi connectivity index (χ2v) is 5.80. The Bertz CT molecular complexity index is 780. The van der Waals surface area contributed by atoms with E-state index in [2.05, 4.69) is 10.3 Å². The van der Waals surface area contributed by atoms with Crippen LogP contribution in [0.1, 0.15) is 23.2 Å². The number of H-pyrrole nitrogens is 1. The quantitative estimate of drug-likeness (QED) is 0.831. The molecule has 0 bridgehead atoms. The van der Waals surface area contributed by atoms with Crippen LogP contribution in [0, 0.1) is 10.8 Å². The van der Waals surface area contributed by atoms with Crippen molar-refractivity contribution in [2.45, 2.75) is 12.8 Å². The molecule has 2 heterocycles. The highest BCUT2D eigenvalue weighted by Crippen LogP contribution is 2.21. The number of oxazole rings is 1. The van der Waals surface area contributed by atoms with Gasteiger partial charge in [0.2, 0.25) is 5.91 Å².